The van der Waals surface area contributed by atoms with Gasteiger partial charge < -0.3 is 5.32 Å². The van der Waals surface area contributed by atoms with Crippen LogP contribution in [0.5, 0.6) is 0 Å². The van der Waals surface area contributed by atoms with Gasteiger partial charge in [-0.25, -0.2) is 12.8 Å². The molecule has 0 bridgehead atoms. The topological polar surface area (TPSA) is 49.4 Å². The van der Waals surface area contributed by atoms with Crippen LogP contribution < -0.4 is 5.32 Å². The van der Waals surface area contributed by atoms with E-state index >= 15 is 0 Å². The van der Waals surface area contributed by atoms with Crippen molar-refractivity contribution in [2.24, 2.45) is 0 Å². The minimum Gasteiger partial charge on any atom is -0.313 e. The SMILES string of the molecule is CCNCc1ccc(S(=O)(=O)N2CCCSCC2)c(F)c1. The molecule has 7 heteroatoms. The predicted octanol–water partition coefficient (Wildman–Crippen LogP) is 2.06. The fourth-order valence-corrected chi connectivity index (χ4v) is 4.76. The molecule has 1 N–H and O–H groups in total. The van der Waals surface area contributed by atoms with E-state index in [0.717, 1.165) is 30.0 Å². The zero-order valence-corrected chi connectivity index (χ0v) is 13.8. The summed E-state index contributed by atoms with van der Waals surface area (Å²) >= 11 is 1.74. The van der Waals surface area contributed by atoms with Gasteiger partial charge in [0.25, 0.3) is 0 Å². The summed E-state index contributed by atoms with van der Waals surface area (Å²) < 4.78 is 40.7. The van der Waals surface area contributed by atoms with Gasteiger partial charge in [-0.1, -0.05) is 13.0 Å². The molecule has 0 saturated carbocycles. The van der Waals surface area contributed by atoms with E-state index in [1.165, 1.54) is 16.4 Å². The van der Waals surface area contributed by atoms with Gasteiger partial charge in [-0.05, 0) is 36.4 Å². The van der Waals surface area contributed by atoms with Crippen LogP contribution in [0.3, 0.4) is 0 Å². The first kappa shape index (κ1) is 16.7. The van der Waals surface area contributed by atoms with Crippen LogP contribution in [0, 0.1) is 5.82 Å². The Morgan fingerprint density at radius 2 is 2.14 bits per heavy atom. The Labute approximate surface area is 130 Å². The van der Waals surface area contributed by atoms with E-state index in [2.05, 4.69) is 5.32 Å². The van der Waals surface area contributed by atoms with Gasteiger partial charge in [-0.2, -0.15) is 16.1 Å². The lowest BCUT2D eigenvalue weighted by Crippen LogP contribution is -2.33. The Morgan fingerprint density at radius 3 is 2.86 bits per heavy atom. The Morgan fingerprint density at radius 1 is 1.33 bits per heavy atom. The van der Waals surface area contributed by atoms with Crippen LogP contribution >= 0.6 is 11.8 Å². The van der Waals surface area contributed by atoms with Crippen molar-refractivity contribution in [3.8, 4) is 0 Å². The number of benzene rings is 1. The normalized spacial score (nSPS) is 17.6. The molecule has 1 heterocycles. The van der Waals surface area contributed by atoms with Gasteiger partial charge >= 0.3 is 0 Å². The molecule has 0 unspecified atom stereocenters. The molecule has 0 amide bonds. The molecule has 21 heavy (non-hydrogen) atoms. The lowest BCUT2D eigenvalue weighted by atomic mass is 10.2. The van der Waals surface area contributed by atoms with Crippen LogP contribution in [0.25, 0.3) is 0 Å². The lowest BCUT2D eigenvalue weighted by Gasteiger charge is -2.20. The van der Waals surface area contributed by atoms with Gasteiger partial charge in [0.2, 0.25) is 10.0 Å². The Kier molecular flexibility index (Phi) is 6.04. The van der Waals surface area contributed by atoms with Gasteiger partial charge in [-0.3, -0.25) is 0 Å². The van der Waals surface area contributed by atoms with Crippen LogP contribution in [-0.4, -0.2) is 43.9 Å². The zero-order valence-electron chi connectivity index (χ0n) is 12.1. The van der Waals surface area contributed by atoms with E-state index < -0.39 is 15.8 Å². The summed E-state index contributed by atoms with van der Waals surface area (Å²) in [4.78, 5) is -0.213. The quantitative estimate of drug-likeness (QED) is 0.897. The molecule has 0 radical (unpaired) electrons. The molecule has 0 aromatic heterocycles. The van der Waals surface area contributed by atoms with Crippen molar-refractivity contribution in [2.75, 3.05) is 31.1 Å². The van der Waals surface area contributed by atoms with Crippen LogP contribution in [0.2, 0.25) is 0 Å². The summed E-state index contributed by atoms with van der Waals surface area (Å²) in [5, 5.41) is 3.09. The highest BCUT2D eigenvalue weighted by atomic mass is 32.2. The van der Waals surface area contributed by atoms with Crippen molar-refractivity contribution in [1.29, 1.82) is 0 Å². The molecule has 0 spiro atoms. The number of nitrogens with zero attached hydrogens (tertiary/aromatic N) is 1. The third-order valence-corrected chi connectivity index (χ3v) is 6.35. The maximum absolute atomic E-state index is 14.2. The van der Waals surface area contributed by atoms with Crippen molar-refractivity contribution < 1.29 is 12.8 Å². The van der Waals surface area contributed by atoms with E-state index in [1.807, 2.05) is 6.92 Å². The van der Waals surface area contributed by atoms with Crippen molar-refractivity contribution in [1.82, 2.24) is 9.62 Å². The smallest absolute Gasteiger partial charge is 0.246 e. The molecule has 1 aromatic carbocycles. The Bertz CT molecular complexity index is 570. The molecule has 4 nitrogen and oxygen atoms in total. The van der Waals surface area contributed by atoms with Gasteiger partial charge in [0.05, 0.1) is 0 Å². The fraction of sp³-hybridized carbons (Fsp3) is 0.571. The maximum Gasteiger partial charge on any atom is 0.246 e. The molecular formula is C14H21FN2O2S2. The first-order chi connectivity index (χ1) is 10.1. The third-order valence-electron chi connectivity index (χ3n) is 3.37. The first-order valence-electron chi connectivity index (χ1n) is 7.12. The van der Waals surface area contributed by atoms with Gasteiger partial charge in [-0.15, -0.1) is 0 Å². The summed E-state index contributed by atoms with van der Waals surface area (Å²) in [6, 6.07) is 4.36. The van der Waals surface area contributed by atoms with Gasteiger partial charge in [0, 0.05) is 25.4 Å². The number of rotatable bonds is 5. The number of hydrogen-bond donors (Lipinski definition) is 1. The van der Waals surface area contributed by atoms with E-state index in [0.29, 0.717) is 19.6 Å². The summed E-state index contributed by atoms with van der Waals surface area (Å²) in [5.74, 6) is 1.05. The molecule has 1 aliphatic heterocycles. The van der Waals surface area contributed by atoms with E-state index in [4.69, 9.17) is 0 Å². The first-order valence-corrected chi connectivity index (χ1v) is 9.72. The average Bonchev–Trinajstić information content (AvgIpc) is 2.74. The maximum atomic E-state index is 14.2. The summed E-state index contributed by atoms with van der Waals surface area (Å²) in [6.07, 6.45) is 0.810. The molecule has 0 aliphatic carbocycles. The number of thioether (sulfide) groups is 1. The second-order valence-corrected chi connectivity index (χ2v) is 8.05. The van der Waals surface area contributed by atoms with Crippen molar-refractivity contribution in [3.63, 3.8) is 0 Å². The molecule has 1 saturated heterocycles. The average molecular weight is 332 g/mol. The van der Waals surface area contributed by atoms with Crippen LogP contribution in [0.4, 0.5) is 4.39 Å². The third kappa shape index (κ3) is 4.18. The van der Waals surface area contributed by atoms with Crippen LogP contribution in [0.1, 0.15) is 18.9 Å². The molecule has 1 aliphatic rings. The van der Waals surface area contributed by atoms with E-state index in [-0.39, 0.29) is 4.90 Å². The fourth-order valence-electron chi connectivity index (χ4n) is 2.24. The molecule has 1 fully saturated rings. The van der Waals surface area contributed by atoms with Crippen molar-refractivity contribution in [3.05, 3.63) is 29.6 Å². The van der Waals surface area contributed by atoms with E-state index in [9.17, 15) is 12.8 Å². The highest BCUT2D eigenvalue weighted by Crippen LogP contribution is 2.23. The van der Waals surface area contributed by atoms with Crippen molar-refractivity contribution >= 4 is 21.8 Å². The largest absolute Gasteiger partial charge is 0.313 e. The van der Waals surface area contributed by atoms with Crippen molar-refractivity contribution in [2.45, 2.75) is 24.8 Å². The second kappa shape index (κ2) is 7.58. The van der Waals surface area contributed by atoms with E-state index in [1.54, 1.807) is 17.8 Å². The molecule has 1 aromatic rings. The minimum atomic E-state index is -3.73. The number of hydrogen-bond acceptors (Lipinski definition) is 4. The molecule has 118 valence electrons. The summed E-state index contributed by atoms with van der Waals surface area (Å²) in [6.45, 7) is 4.20. The highest BCUT2D eigenvalue weighted by Gasteiger charge is 2.28. The highest BCUT2D eigenvalue weighted by molar-refractivity contribution is 7.99. The van der Waals surface area contributed by atoms with Gasteiger partial charge in [0.15, 0.2) is 0 Å². The predicted molar refractivity (Wildman–Crippen MR) is 84.5 cm³/mol. The molecular weight excluding hydrogens is 311 g/mol. The molecule has 2 rings (SSSR count). The lowest BCUT2D eigenvalue weighted by molar-refractivity contribution is 0.430. The number of halogens is 1. The Hall–Kier alpha value is -0.630. The summed E-state index contributed by atoms with van der Waals surface area (Å²) in [7, 11) is -3.73. The summed E-state index contributed by atoms with van der Waals surface area (Å²) in [5.41, 5.74) is 0.750. The zero-order chi connectivity index (χ0) is 15.3. The minimum absolute atomic E-state index is 0.213. The monoisotopic (exact) mass is 332 g/mol. The number of sulfonamides is 1. The van der Waals surface area contributed by atoms with Crippen LogP contribution in [0.15, 0.2) is 23.1 Å². The standard InChI is InChI=1S/C14H21FN2O2S2/c1-2-16-11-12-4-5-14(13(15)10-12)21(18,19)17-6-3-8-20-9-7-17/h4-5,10,16H,2-3,6-9,11H2,1H3. The van der Waals surface area contributed by atoms with Crippen LogP contribution in [-0.2, 0) is 16.6 Å². The van der Waals surface area contributed by atoms with Gasteiger partial charge in [0.1, 0.15) is 10.7 Å². The number of nitrogens with one attached hydrogen (secondary N) is 1. The second-order valence-electron chi connectivity index (χ2n) is 4.92. The molecule has 0 atom stereocenters. The Balaban J connectivity index is 2.22.